The third kappa shape index (κ3) is 3.18. The Morgan fingerprint density at radius 1 is 1.75 bits per heavy atom. The smallest absolute Gasteiger partial charge is 0.242 e. The molecule has 1 unspecified atom stereocenters. The maximum absolute atomic E-state index is 11.7. The summed E-state index contributed by atoms with van der Waals surface area (Å²) in [5.74, 6) is -0.0628. The van der Waals surface area contributed by atoms with Gasteiger partial charge in [0.2, 0.25) is 5.91 Å². The second-order valence-electron chi connectivity index (χ2n) is 3.61. The Bertz CT molecular complexity index is 410. The number of methoxy groups -OCH3 is 1. The monoisotopic (exact) mass is 243 g/mol. The van der Waals surface area contributed by atoms with Crippen LogP contribution in [0.1, 0.15) is 18.7 Å². The van der Waals surface area contributed by atoms with E-state index in [4.69, 9.17) is 17.0 Å². The third-order valence-corrected chi connectivity index (χ3v) is 2.59. The van der Waals surface area contributed by atoms with Crippen LogP contribution in [0.2, 0.25) is 0 Å². The molecule has 0 radical (unpaired) electrons. The van der Waals surface area contributed by atoms with Gasteiger partial charge in [-0.05, 0) is 26.1 Å². The number of nitrogens with zero attached hydrogens (tertiary/aromatic N) is 1. The number of amides is 1. The van der Waals surface area contributed by atoms with Gasteiger partial charge in [0.25, 0.3) is 0 Å². The highest BCUT2D eigenvalue weighted by atomic mass is 32.1. The van der Waals surface area contributed by atoms with Gasteiger partial charge in [0.1, 0.15) is 6.04 Å². The van der Waals surface area contributed by atoms with Crippen LogP contribution in [0, 0.1) is 11.7 Å². The summed E-state index contributed by atoms with van der Waals surface area (Å²) in [5, 5.41) is 2.77. The average Bonchev–Trinajstić information content (AvgIpc) is 2.57. The summed E-state index contributed by atoms with van der Waals surface area (Å²) in [5.41, 5.74) is 0.946. The molecule has 0 saturated carbocycles. The molecule has 1 aromatic rings. The summed E-state index contributed by atoms with van der Waals surface area (Å²) in [7, 11) is 1.60. The molecule has 5 nitrogen and oxygen atoms in total. The van der Waals surface area contributed by atoms with Crippen molar-refractivity contribution in [3.05, 3.63) is 16.7 Å². The van der Waals surface area contributed by atoms with Gasteiger partial charge >= 0.3 is 0 Å². The Balaban J connectivity index is 2.63. The first kappa shape index (κ1) is 12.9. The molecular weight excluding hydrogens is 226 g/mol. The molecule has 0 aliphatic heterocycles. The molecule has 1 atom stereocenters. The molecule has 0 bridgehead atoms. The number of H-pyrrole nitrogens is 1. The van der Waals surface area contributed by atoms with Gasteiger partial charge in [0, 0.05) is 25.5 Å². The van der Waals surface area contributed by atoms with Crippen molar-refractivity contribution in [2.45, 2.75) is 19.9 Å². The van der Waals surface area contributed by atoms with E-state index in [1.807, 2.05) is 20.0 Å². The summed E-state index contributed by atoms with van der Waals surface area (Å²) in [6, 6.07) is -0.311. The Kier molecular flexibility index (Phi) is 4.70. The summed E-state index contributed by atoms with van der Waals surface area (Å²) >= 11 is 5.11. The molecule has 0 saturated heterocycles. The molecule has 16 heavy (non-hydrogen) atoms. The molecule has 0 aliphatic carbocycles. The lowest BCUT2D eigenvalue weighted by molar-refractivity contribution is -0.124. The van der Waals surface area contributed by atoms with Crippen molar-refractivity contribution in [3.8, 4) is 0 Å². The molecule has 0 aromatic carbocycles. The van der Waals surface area contributed by atoms with E-state index in [2.05, 4.69) is 10.3 Å². The minimum Gasteiger partial charge on any atom is -0.383 e. The zero-order valence-electron chi connectivity index (χ0n) is 9.74. The zero-order valence-corrected chi connectivity index (χ0v) is 10.6. The lowest BCUT2D eigenvalue weighted by Gasteiger charge is -2.13. The fraction of sp³-hybridized carbons (Fsp3) is 0.600. The first-order chi connectivity index (χ1) is 7.56. The van der Waals surface area contributed by atoms with Crippen LogP contribution in [0.25, 0.3) is 0 Å². The van der Waals surface area contributed by atoms with Crippen LogP contribution in [0.4, 0.5) is 0 Å². The molecule has 6 heteroatoms. The van der Waals surface area contributed by atoms with E-state index in [1.54, 1.807) is 11.7 Å². The normalized spacial score (nSPS) is 12.4. The van der Waals surface area contributed by atoms with Crippen molar-refractivity contribution in [2.75, 3.05) is 20.3 Å². The fourth-order valence-corrected chi connectivity index (χ4v) is 1.74. The molecule has 0 fully saturated rings. The maximum Gasteiger partial charge on any atom is 0.242 e. The van der Waals surface area contributed by atoms with Gasteiger partial charge in [-0.1, -0.05) is 0 Å². The van der Waals surface area contributed by atoms with Crippen LogP contribution in [-0.4, -0.2) is 35.7 Å². The molecule has 1 rings (SSSR count). The van der Waals surface area contributed by atoms with Crippen LogP contribution in [0.15, 0.2) is 6.20 Å². The third-order valence-electron chi connectivity index (χ3n) is 2.27. The minimum atomic E-state index is -0.311. The van der Waals surface area contributed by atoms with Crippen molar-refractivity contribution in [1.29, 1.82) is 0 Å². The largest absolute Gasteiger partial charge is 0.383 e. The SMILES string of the molecule is COCCNC(=O)C(C)n1cc(C)[nH]c1=S. The first-order valence-electron chi connectivity index (χ1n) is 5.10. The number of ether oxygens (including phenoxy) is 1. The summed E-state index contributed by atoms with van der Waals surface area (Å²) < 4.78 is 7.16. The predicted molar refractivity (Wildman–Crippen MR) is 64.0 cm³/mol. The van der Waals surface area contributed by atoms with E-state index < -0.39 is 0 Å². The summed E-state index contributed by atoms with van der Waals surface area (Å²) in [6.45, 7) is 4.74. The molecule has 90 valence electrons. The Morgan fingerprint density at radius 3 is 2.94 bits per heavy atom. The number of carbonyl (C=O) groups excluding carboxylic acids is 1. The topological polar surface area (TPSA) is 59.0 Å². The molecule has 1 amide bonds. The number of aromatic nitrogens is 2. The highest BCUT2D eigenvalue weighted by Crippen LogP contribution is 2.08. The van der Waals surface area contributed by atoms with Crippen LogP contribution in [0.5, 0.6) is 0 Å². The van der Waals surface area contributed by atoms with Crippen molar-refractivity contribution >= 4 is 18.1 Å². The van der Waals surface area contributed by atoms with Gasteiger partial charge in [-0.3, -0.25) is 4.79 Å². The molecule has 1 aromatic heterocycles. The maximum atomic E-state index is 11.7. The number of nitrogens with one attached hydrogen (secondary N) is 2. The Hall–Kier alpha value is -1.14. The number of aryl methyl sites for hydroxylation is 1. The molecule has 0 aliphatic rings. The second kappa shape index (κ2) is 5.81. The second-order valence-corrected chi connectivity index (χ2v) is 4.00. The van der Waals surface area contributed by atoms with Gasteiger partial charge in [0.15, 0.2) is 4.77 Å². The number of aromatic amines is 1. The van der Waals surface area contributed by atoms with E-state index in [0.29, 0.717) is 17.9 Å². The van der Waals surface area contributed by atoms with Gasteiger partial charge in [-0.15, -0.1) is 0 Å². The van der Waals surface area contributed by atoms with E-state index >= 15 is 0 Å². The average molecular weight is 243 g/mol. The molecule has 2 N–H and O–H groups in total. The van der Waals surface area contributed by atoms with Crippen molar-refractivity contribution in [1.82, 2.24) is 14.9 Å². The van der Waals surface area contributed by atoms with Crippen LogP contribution < -0.4 is 5.32 Å². The van der Waals surface area contributed by atoms with Crippen molar-refractivity contribution in [3.63, 3.8) is 0 Å². The zero-order chi connectivity index (χ0) is 12.1. The van der Waals surface area contributed by atoms with Gasteiger partial charge in [-0.25, -0.2) is 0 Å². The lowest BCUT2D eigenvalue weighted by Crippen LogP contribution is -2.33. The van der Waals surface area contributed by atoms with E-state index in [1.165, 1.54) is 0 Å². The van der Waals surface area contributed by atoms with Crippen molar-refractivity contribution < 1.29 is 9.53 Å². The first-order valence-corrected chi connectivity index (χ1v) is 5.51. The quantitative estimate of drug-likeness (QED) is 0.603. The Labute approximate surface area is 99.8 Å². The Morgan fingerprint density at radius 2 is 2.44 bits per heavy atom. The number of hydrogen-bond acceptors (Lipinski definition) is 3. The van der Waals surface area contributed by atoms with Gasteiger partial charge in [-0.2, -0.15) is 0 Å². The van der Waals surface area contributed by atoms with Gasteiger partial charge in [0.05, 0.1) is 6.61 Å². The highest BCUT2D eigenvalue weighted by molar-refractivity contribution is 7.71. The van der Waals surface area contributed by atoms with E-state index in [0.717, 1.165) is 5.69 Å². The van der Waals surface area contributed by atoms with E-state index in [9.17, 15) is 4.79 Å². The fourth-order valence-electron chi connectivity index (χ4n) is 1.37. The standard InChI is InChI=1S/C10H17N3O2S/c1-7-6-13(10(16)12-7)8(2)9(14)11-4-5-15-3/h6,8H,4-5H2,1-3H3,(H,11,14)(H,12,16). The predicted octanol–water partition coefficient (Wildman–Crippen LogP) is 1.18. The van der Waals surface area contributed by atoms with Gasteiger partial charge < -0.3 is 19.6 Å². The van der Waals surface area contributed by atoms with Crippen LogP contribution >= 0.6 is 12.2 Å². The summed E-state index contributed by atoms with van der Waals surface area (Å²) in [4.78, 5) is 14.7. The molecule has 0 spiro atoms. The number of carbonyl (C=O) groups is 1. The van der Waals surface area contributed by atoms with Crippen molar-refractivity contribution in [2.24, 2.45) is 0 Å². The van der Waals surface area contributed by atoms with E-state index in [-0.39, 0.29) is 11.9 Å². The van der Waals surface area contributed by atoms with Crippen LogP contribution in [-0.2, 0) is 9.53 Å². The molecule has 1 heterocycles. The number of hydrogen-bond donors (Lipinski definition) is 2. The highest BCUT2D eigenvalue weighted by Gasteiger charge is 2.15. The number of rotatable bonds is 5. The minimum absolute atomic E-state index is 0.0628. The number of imidazole rings is 1. The molecular formula is C10H17N3O2S. The summed E-state index contributed by atoms with van der Waals surface area (Å²) in [6.07, 6.45) is 1.84. The lowest BCUT2D eigenvalue weighted by atomic mass is 10.3. The van der Waals surface area contributed by atoms with Crippen LogP contribution in [0.3, 0.4) is 0 Å².